The number of unbranched alkanes of at least 4 members (excludes halogenated alkanes) is 4. The third kappa shape index (κ3) is 36.0. The van der Waals surface area contributed by atoms with Crippen LogP contribution in [-0.4, -0.2) is 332 Å². The zero-order chi connectivity index (χ0) is 106. The molecule has 796 valence electrons. The quantitative estimate of drug-likeness (QED) is 0.0278. The highest BCUT2D eigenvalue weighted by Crippen LogP contribution is 2.39. The summed E-state index contributed by atoms with van der Waals surface area (Å²) in [6, 6.07) is -13.7. The minimum atomic E-state index is -1.52. The van der Waals surface area contributed by atoms with Gasteiger partial charge in [-0.15, -0.1) is 0 Å². The average Bonchev–Trinajstić information content (AvgIpc) is 1.62. The highest BCUT2D eigenvalue weighted by Gasteiger charge is 2.52. The third-order valence-electron chi connectivity index (χ3n) is 26.4. The van der Waals surface area contributed by atoms with Crippen LogP contribution in [-0.2, 0) is 107 Å². The zero-order valence-electron chi connectivity index (χ0n) is 84.2. The third-order valence-corrected chi connectivity index (χ3v) is 27.8. The molecule has 5 saturated heterocycles. The Kier molecular flexibility index (Phi) is 46.7. The SMILES string of the molecule is CC(=O)N[C@@H](CC(=O)N1C[C@H]2C[C@@H]1C(=O)N1C(CC[C@H]1C(=O)N[C@@H](C)C(=O)N[C@@H](C)C(=O)N[C@@H](C)C(=O)N[C@@H](C)C(=O)N[C@@H](C)C(=O)N[C@@H](C)C(=O)N[C@@H](C)C(=O)N[C@@H](C)C(=O)N[C@@H](CC(C)(C)C)C(=O)N1CCC(C(=O)N3CCC(C(=O)N[C@@H](CCCCN)C(=O)N[C@@H](CCCCN)C(=O)N[C@@H](CCCCN)C(=O)N[C@@H](CCCCN)C(=O)N[C@@H](Cc4c[nH]c5ccccc45)C(N)=O)CC3)CC1)CS2)C(=O)O. The average molecular weight is 2030 g/mol. The standard InChI is InChI=1S/C95H153N25O22S/c1-50(103-79(126)52(3)105-81(128)54(5)107-83(130)56(7)109-90(137)73-30-29-62-49-143-63-44-74(93(140)120(62)73)119(48-63)75(122)45-71(94(141)142)110-58(9)121)77(124)102-51(2)78(125)104-53(4)80(127)106-55(6)82(129)108-57(8)84(131)116-72(46-95(10,11)12)92(139)118-41-33-60(34-42-118)91(138)117-39-31-59(32-40-117)85(132)111-66(25-15-19-35-96)86(133)112-67(26-16-20-36-97)87(134)113-68(27-17-21-37-98)88(135)114-69(28-18-22-38-99)89(136)115-70(76(100)123)43-61-47-101-65-24-14-13-23-64(61)65/h13-14,23-24,47,50-57,59-60,62-63,66-74,101H,15-22,25-46,48-49,96-99H2,1-12H3,(H2,100,123)(H,102,124)(H,103,126)(H,104,125)(H,105,128)(H,106,127)(H,107,130)(H,108,129)(H,109,137)(H,110,121)(H,111,132)(H,112,133)(H,113,134)(H,114,135)(H,115,136)(H,116,131)(H,141,142)/t50-,51-,52-,53-,54-,55-,56-,57-,62?,63+,66-,67-,68-,69-,70-,71-,72-,73-,74+/m0/s1. The van der Waals surface area contributed by atoms with Gasteiger partial charge in [0.05, 0.1) is 6.42 Å². The van der Waals surface area contributed by atoms with Crippen LogP contribution in [0.4, 0.5) is 0 Å². The van der Waals surface area contributed by atoms with Gasteiger partial charge in [-0.25, -0.2) is 4.79 Å². The highest BCUT2D eigenvalue weighted by molar-refractivity contribution is 8.00. The Bertz CT molecular complexity index is 4810. The molecule has 5 fully saturated rings. The number of rotatable bonds is 54. The molecule has 0 spiro atoms. The van der Waals surface area contributed by atoms with Gasteiger partial charge in [-0.3, -0.25) is 95.9 Å². The Labute approximate surface area is 837 Å². The summed E-state index contributed by atoms with van der Waals surface area (Å²) in [5, 5.41) is 49.3. The number of benzene rings is 1. The van der Waals surface area contributed by atoms with E-state index in [1.807, 2.05) is 45.0 Å². The molecule has 1 aromatic heterocycles. The first-order valence-electron chi connectivity index (χ1n) is 49.8. The first-order chi connectivity index (χ1) is 67.6. The van der Waals surface area contributed by atoms with E-state index in [4.69, 9.17) is 28.7 Å². The van der Waals surface area contributed by atoms with Crippen LogP contribution in [0.1, 0.15) is 223 Å². The molecule has 20 amide bonds. The van der Waals surface area contributed by atoms with Crippen molar-refractivity contribution in [1.29, 1.82) is 0 Å². The van der Waals surface area contributed by atoms with Crippen LogP contribution in [0.2, 0.25) is 0 Å². The van der Waals surface area contributed by atoms with Crippen LogP contribution in [0.25, 0.3) is 10.9 Å². The molecule has 48 heteroatoms. The Hall–Kier alpha value is -12.2. The number of carbonyl (C=O) groups excluding carboxylic acids is 20. The maximum atomic E-state index is 14.5. The normalized spacial score (nSPS) is 19.7. The van der Waals surface area contributed by atoms with Gasteiger partial charge < -0.3 is 138 Å². The Morgan fingerprint density at radius 2 is 0.832 bits per heavy atom. The summed E-state index contributed by atoms with van der Waals surface area (Å²) in [5.74, 6) is -15.6. The molecule has 0 aliphatic carbocycles. The number of nitrogens with zero attached hydrogens (tertiary/aromatic N) is 4. The number of nitrogens with one attached hydrogen (secondary N) is 16. The monoisotopic (exact) mass is 2030 g/mol. The lowest BCUT2D eigenvalue weighted by atomic mass is 9.86. The van der Waals surface area contributed by atoms with E-state index in [2.05, 4.69) is 84.7 Å². The Morgan fingerprint density at radius 1 is 0.448 bits per heavy atom. The number of nitrogens with two attached hydrogens (primary N) is 5. The Morgan fingerprint density at radius 3 is 1.24 bits per heavy atom. The van der Waals surface area contributed by atoms with Crippen LogP contribution >= 0.6 is 11.8 Å². The van der Waals surface area contributed by atoms with Gasteiger partial charge in [-0.1, -0.05) is 39.0 Å². The predicted octanol–water partition coefficient (Wildman–Crippen LogP) is -4.37. The van der Waals surface area contributed by atoms with Crippen LogP contribution in [0.15, 0.2) is 30.5 Å². The number of hydrogen-bond acceptors (Lipinski definition) is 26. The maximum Gasteiger partial charge on any atom is 0.326 e. The fraction of sp³-hybridized carbons (Fsp3) is 0.695. The van der Waals surface area contributed by atoms with Crippen molar-refractivity contribution in [2.24, 2.45) is 45.9 Å². The lowest BCUT2D eigenvalue weighted by molar-refractivity contribution is -0.150. The number of H-pyrrole nitrogens is 1. The van der Waals surface area contributed by atoms with E-state index in [-0.39, 0.29) is 127 Å². The van der Waals surface area contributed by atoms with Crippen molar-refractivity contribution >= 4 is 147 Å². The molecule has 1 aromatic carbocycles. The summed E-state index contributed by atoms with van der Waals surface area (Å²) in [7, 11) is 0. The van der Waals surface area contributed by atoms with E-state index < -0.39 is 245 Å². The van der Waals surface area contributed by atoms with Crippen molar-refractivity contribution in [2.45, 2.75) is 338 Å². The molecule has 143 heavy (non-hydrogen) atoms. The molecule has 5 aliphatic rings. The molecule has 1 unspecified atom stereocenters. The fourth-order valence-electron chi connectivity index (χ4n) is 17.9. The van der Waals surface area contributed by atoms with Crippen LogP contribution < -0.4 is 108 Å². The molecule has 2 aromatic rings. The summed E-state index contributed by atoms with van der Waals surface area (Å²) < 4.78 is 0. The van der Waals surface area contributed by atoms with Gasteiger partial charge in [-0.2, -0.15) is 11.8 Å². The lowest BCUT2D eigenvalue weighted by Crippen LogP contribution is -2.59. The molecule has 19 atom stereocenters. The van der Waals surface area contributed by atoms with Crippen molar-refractivity contribution in [1.82, 2.24) is 104 Å². The molecule has 7 rings (SSSR count). The van der Waals surface area contributed by atoms with E-state index in [1.54, 1.807) is 16.0 Å². The first-order valence-corrected chi connectivity index (χ1v) is 50.8. The molecule has 47 nitrogen and oxygen atoms in total. The number of carbonyl (C=O) groups is 21. The van der Waals surface area contributed by atoms with Gasteiger partial charge in [0, 0.05) is 92.0 Å². The number of fused-ring (bicyclic) bond motifs is 4. The van der Waals surface area contributed by atoms with Crippen molar-refractivity contribution in [3.8, 4) is 0 Å². The van der Waals surface area contributed by atoms with E-state index >= 15 is 0 Å². The summed E-state index contributed by atoms with van der Waals surface area (Å²) >= 11 is 1.53. The second-order valence-corrected chi connectivity index (χ2v) is 40.7. The molecular weight excluding hydrogens is 1880 g/mol. The van der Waals surface area contributed by atoms with Crippen molar-refractivity contribution < 1.29 is 106 Å². The van der Waals surface area contributed by atoms with Crippen molar-refractivity contribution in [3.05, 3.63) is 36.0 Å². The van der Waals surface area contributed by atoms with Gasteiger partial charge in [0.2, 0.25) is 118 Å². The van der Waals surface area contributed by atoms with E-state index in [1.165, 1.54) is 77.0 Å². The number of aromatic nitrogens is 1. The van der Waals surface area contributed by atoms with Crippen LogP contribution in [0, 0.1) is 17.3 Å². The minimum Gasteiger partial charge on any atom is -0.480 e. The van der Waals surface area contributed by atoms with Gasteiger partial charge >= 0.3 is 5.97 Å². The number of aliphatic carboxylic acids is 1. The van der Waals surface area contributed by atoms with Crippen LogP contribution in [0.3, 0.4) is 0 Å². The Balaban J connectivity index is 0.820. The second kappa shape index (κ2) is 56.8. The molecule has 27 N–H and O–H groups in total. The molecule has 0 saturated carbocycles. The van der Waals surface area contributed by atoms with Gasteiger partial charge in [0.1, 0.15) is 103 Å². The van der Waals surface area contributed by atoms with Gasteiger partial charge in [-0.05, 0) is 227 Å². The van der Waals surface area contributed by atoms with E-state index in [0.717, 1.165) is 23.4 Å². The number of para-hydroxylation sites is 1. The fourth-order valence-corrected chi connectivity index (χ4v) is 19.3. The highest BCUT2D eigenvalue weighted by atomic mass is 32.2. The topological polar surface area (TPSA) is 718 Å². The molecular formula is C95H153N25O22S. The van der Waals surface area contributed by atoms with E-state index in [9.17, 15) is 106 Å². The van der Waals surface area contributed by atoms with Crippen molar-refractivity contribution in [2.75, 3.05) is 64.7 Å². The molecule has 2 bridgehead atoms. The summed E-state index contributed by atoms with van der Waals surface area (Å²) in [5.41, 5.74) is 30.3. The zero-order valence-corrected chi connectivity index (χ0v) is 85.1. The number of piperidine rings is 2. The largest absolute Gasteiger partial charge is 0.480 e. The smallest absolute Gasteiger partial charge is 0.326 e. The number of primary amides is 1. The molecule has 6 heterocycles. The molecule has 0 radical (unpaired) electrons. The number of carboxylic acid groups (broad SMARTS) is 1. The predicted molar refractivity (Wildman–Crippen MR) is 528 cm³/mol. The number of aromatic amines is 1. The van der Waals surface area contributed by atoms with E-state index in [0.29, 0.717) is 89.5 Å². The number of thioether (sulfide) groups is 1. The molecule has 5 aliphatic heterocycles. The van der Waals surface area contributed by atoms with Crippen LogP contribution in [0.5, 0.6) is 0 Å². The lowest BCUT2D eigenvalue weighted by Gasteiger charge is -2.38. The summed E-state index contributed by atoms with van der Waals surface area (Å²) in [4.78, 5) is 295. The number of hydrogen-bond donors (Lipinski definition) is 22. The van der Waals surface area contributed by atoms with Gasteiger partial charge in [0.25, 0.3) is 0 Å². The maximum absolute atomic E-state index is 14.5. The second-order valence-electron chi connectivity index (χ2n) is 39.3. The van der Waals surface area contributed by atoms with Gasteiger partial charge in [0.15, 0.2) is 0 Å². The minimum absolute atomic E-state index is 0.0563. The summed E-state index contributed by atoms with van der Waals surface area (Å²) in [6.07, 6.45) is 7.56. The van der Waals surface area contributed by atoms with Crippen molar-refractivity contribution in [3.63, 3.8) is 0 Å². The number of carboxylic acids is 1. The first kappa shape index (κ1) is 118. The number of likely N-dealkylation sites (tertiary alicyclic amines) is 3. The number of amides is 20. The summed E-state index contributed by atoms with van der Waals surface area (Å²) in [6.45, 7) is 19.5.